The minimum absolute atomic E-state index is 0.000451. The van der Waals surface area contributed by atoms with Crippen molar-refractivity contribution in [1.29, 1.82) is 0 Å². The Bertz CT molecular complexity index is 533. The molecule has 2 heterocycles. The van der Waals surface area contributed by atoms with Gasteiger partial charge in [0.25, 0.3) is 0 Å². The standard InChI is InChI=1S/C12H18N4O4S/c1-6(2)3-9-14-15-11(21-9)13-12(20)16-5-7(17)4-8(16)10(18)19/h6-8,17H,3-5H2,1-2H3,(H,18,19)(H,13,15,20)/t7-,8+/m1/s1. The molecule has 21 heavy (non-hydrogen) atoms. The van der Waals surface area contributed by atoms with E-state index in [0.717, 1.165) is 16.3 Å². The average Bonchev–Trinajstić information content (AvgIpc) is 2.95. The molecule has 1 aromatic rings. The second-order valence-corrected chi connectivity index (χ2v) is 6.49. The summed E-state index contributed by atoms with van der Waals surface area (Å²) in [5.41, 5.74) is 0. The number of rotatable bonds is 4. The Kier molecular flexibility index (Phi) is 4.73. The molecular formula is C12H18N4O4S. The number of aliphatic hydroxyl groups is 1. The first kappa shape index (κ1) is 15.6. The first-order chi connectivity index (χ1) is 9.86. The molecule has 8 nitrogen and oxygen atoms in total. The van der Waals surface area contributed by atoms with Crippen molar-refractivity contribution in [3.8, 4) is 0 Å². The van der Waals surface area contributed by atoms with E-state index in [0.29, 0.717) is 11.0 Å². The number of hydrogen-bond donors (Lipinski definition) is 3. The molecule has 0 unspecified atom stereocenters. The molecule has 1 fully saturated rings. The predicted molar refractivity (Wildman–Crippen MR) is 76.2 cm³/mol. The van der Waals surface area contributed by atoms with Crippen LogP contribution in [0, 0.1) is 5.92 Å². The largest absolute Gasteiger partial charge is 0.480 e. The summed E-state index contributed by atoms with van der Waals surface area (Å²) in [5, 5.41) is 30.1. The van der Waals surface area contributed by atoms with Crippen molar-refractivity contribution in [1.82, 2.24) is 15.1 Å². The number of nitrogens with zero attached hydrogens (tertiary/aromatic N) is 3. The van der Waals surface area contributed by atoms with Crippen LogP contribution in [0.3, 0.4) is 0 Å². The van der Waals surface area contributed by atoms with Gasteiger partial charge in [-0.3, -0.25) is 5.32 Å². The summed E-state index contributed by atoms with van der Waals surface area (Å²) < 4.78 is 0. The third kappa shape index (κ3) is 3.88. The molecule has 0 bridgehead atoms. The fourth-order valence-corrected chi connectivity index (χ4v) is 3.11. The summed E-state index contributed by atoms with van der Waals surface area (Å²) >= 11 is 1.27. The maximum Gasteiger partial charge on any atom is 0.326 e. The molecular weight excluding hydrogens is 296 g/mol. The van der Waals surface area contributed by atoms with Gasteiger partial charge in [0.15, 0.2) is 0 Å². The van der Waals surface area contributed by atoms with Gasteiger partial charge in [-0.1, -0.05) is 25.2 Å². The van der Waals surface area contributed by atoms with E-state index in [2.05, 4.69) is 29.4 Å². The highest BCUT2D eigenvalue weighted by molar-refractivity contribution is 7.15. The highest BCUT2D eigenvalue weighted by Crippen LogP contribution is 2.22. The second-order valence-electron chi connectivity index (χ2n) is 5.42. The lowest BCUT2D eigenvalue weighted by Gasteiger charge is -2.20. The molecule has 1 aliphatic heterocycles. The zero-order valence-electron chi connectivity index (χ0n) is 11.8. The topological polar surface area (TPSA) is 116 Å². The summed E-state index contributed by atoms with van der Waals surface area (Å²) in [4.78, 5) is 24.3. The Morgan fingerprint density at radius 3 is 2.81 bits per heavy atom. The highest BCUT2D eigenvalue weighted by Gasteiger charge is 2.39. The number of aliphatic hydroxyl groups excluding tert-OH is 1. The maximum absolute atomic E-state index is 12.1. The van der Waals surface area contributed by atoms with E-state index in [-0.39, 0.29) is 13.0 Å². The number of amides is 2. The number of nitrogens with one attached hydrogen (secondary N) is 1. The number of urea groups is 1. The van der Waals surface area contributed by atoms with Crippen molar-refractivity contribution in [3.05, 3.63) is 5.01 Å². The lowest BCUT2D eigenvalue weighted by Crippen LogP contribution is -2.43. The van der Waals surface area contributed by atoms with Gasteiger partial charge in [-0.05, 0) is 5.92 Å². The van der Waals surface area contributed by atoms with Crippen LogP contribution in [-0.4, -0.2) is 56.0 Å². The van der Waals surface area contributed by atoms with E-state index in [1.54, 1.807) is 0 Å². The number of carbonyl (C=O) groups is 2. The molecule has 116 valence electrons. The van der Waals surface area contributed by atoms with E-state index in [4.69, 9.17) is 5.11 Å². The van der Waals surface area contributed by atoms with Gasteiger partial charge in [-0.25, -0.2) is 9.59 Å². The Labute approximate surface area is 125 Å². The third-order valence-corrected chi connectivity index (χ3v) is 3.95. The predicted octanol–water partition coefficient (Wildman–Crippen LogP) is 0.788. The molecule has 1 saturated heterocycles. The van der Waals surface area contributed by atoms with Gasteiger partial charge in [0.2, 0.25) is 5.13 Å². The van der Waals surface area contributed by atoms with Crippen molar-refractivity contribution in [2.24, 2.45) is 5.92 Å². The number of aromatic nitrogens is 2. The Morgan fingerprint density at radius 2 is 2.19 bits per heavy atom. The van der Waals surface area contributed by atoms with E-state index in [9.17, 15) is 14.7 Å². The van der Waals surface area contributed by atoms with Gasteiger partial charge < -0.3 is 15.1 Å². The van der Waals surface area contributed by atoms with E-state index in [1.165, 1.54) is 11.3 Å². The van der Waals surface area contributed by atoms with Gasteiger partial charge in [-0.15, -0.1) is 10.2 Å². The number of anilines is 1. The number of β-amino-alcohol motifs (C(OH)–C–C–N with tert-alkyl or cyclic N) is 1. The van der Waals surface area contributed by atoms with Crippen LogP contribution in [-0.2, 0) is 11.2 Å². The molecule has 0 saturated carbocycles. The van der Waals surface area contributed by atoms with Gasteiger partial charge in [0.1, 0.15) is 11.0 Å². The van der Waals surface area contributed by atoms with Crippen LogP contribution in [0.15, 0.2) is 0 Å². The van der Waals surface area contributed by atoms with Crippen molar-refractivity contribution in [3.63, 3.8) is 0 Å². The summed E-state index contributed by atoms with van der Waals surface area (Å²) in [6.45, 7) is 4.12. The fourth-order valence-electron chi connectivity index (χ4n) is 2.17. The number of carboxylic acid groups (broad SMARTS) is 1. The molecule has 2 rings (SSSR count). The summed E-state index contributed by atoms with van der Waals surface area (Å²) in [7, 11) is 0. The van der Waals surface area contributed by atoms with Crippen molar-refractivity contribution in [2.75, 3.05) is 11.9 Å². The monoisotopic (exact) mass is 314 g/mol. The molecule has 9 heteroatoms. The highest BCUT2D eigenvalue weighted by atomic mass is 32.1. The zero-order chi connectivity index (χ0) is 15.6. The summed E-state index contributed by atoms with van der Waals surface area (Å²) in [6, 6.07) is -1.59. The minimum atomic E-state index is -1.13. The quantitative estimate of drug-likeness (QED) is 0.756. The zero-order valence-corrected chi connectivity index (χ0v) is 12.6. The van der Waals surface area contributed by atoms with Gasteiger partial charge in [0.05, 0.1) is 6.10 Å². The first-order valence-corrected chi connectivity index (χ1v) is 7.49. The molecule has 3 N–H and O–H groups in total. The molecule has 0 radical (unpaired) electrons. The number of carbonyl (C=O) groups excluding carboxylic acids is 1. The summed E-state index contributed by atoms with van der Waals surface area (Å²) in [5.74, 6) is -0.689. The van der Waals surface area contributed by atoms with Crippen LogP contribution < -0.4 is 5.32 Å². The van der Waals surface area contributed by atoms with Crippen LogP contribution in [0.4, 0.5) is 9.93 Å². The number of aliphatic carboxylic acids is 1. The second kappa shape index (κ2) is 6.35. The average molecular weight is 314 g/mol. The van der Waals surface area contributed by atoms with Gasteiger partial charge in [-0.2, -0.15) is 0 Å². The van der Waals surface area contributed by atoms with Crippen molar-refractivity contribution >= 4 is 28.5 Å². The van der Waals surface area contributed by atoms with Crippen LogP contribution in [0.2, 0.25) is 0 Å². The summed E-state index contributed by atoms with van der Waals surface area (Å²) in [6.07, 6.45) is -0.00618. The maximum atomic E-state index is 12.1. The van der Waals surface area contributed by atoms with Crippen molar-refractivity contribution in [2.45, 2.75) is 38.8 Å². The minimum Gasteiger partial charge on any atom is -0.480 e. The molecule has 1 aliphatic rings. The number of likely N-dealkylation sites (tertiary alicyclic amines) is 1. The van der Waals surface area contributed by atoms with Crippen LogP contribution in [0.5, 0.6) is 0 Å². The smallest absolute Gasteiger partial charge is 0.326 e. The molecule has 0 aliphatic carbocycles. The lowest BCUT2D eigenvalue weighted by atomic mass is 10.1. The Hall–Kier alpha value is -1.74. The van der Waals surface area contributed by atoms with E-state index in [1.807, 2.05) is 0 Å². The fraction of sp³-hybridized carbons (Fsp3) is 0.667. The number of hydrogen-bond acceptors (Lipinski definition) is 6. The van der Waals surface area contributed by atoms with E-state index >= 15 is 0 Å². The molecule has 2 atom stereocenters. The SMILES string of the molecule is CC(C)Cc1nnc(NC(=O)N2C[C@H](O)C[C@H]2C(=O)O)s1. The van der Waals surface area contributed by atoms with E-state index < -0.39 is 24.1 Å². The number of carboxylic acids is 1. The van der Waals surface area contributed by atoms with Crippen LogP contribution in [0.1, 0.15) is 25.3 Å². The molecule has 0 spiro atoms. The molecule has 1 aromatic heterocycles. The molecule has 0 aromatic carbocycles. The normalized spacial score (nSPS) is 21.8. The van der Waals surface area contributed by atoms with Crippen molar-refractivity contribution < 1.29 is 19.8 Å². The van der Waals surface area contributed by atoms with Gasteiger partial charge in [0, 0.05) is 19.4 Å². The first-order valence-electron chi connectivity index (χ1n) is 6.67. The lowest BCUT2D eigenvalue weighted by molar-refractivity contribution is -0.141. The van der Waals surface area contributed by atoms with Gasteiger partial charge >= 0.3 is 12.0 Å². The Morgan fingerprint density at radius 1 is 1.48 bits per heavy atom. The van der Waals surface area contributed by atoms with Crippen LogP contribution >= 0.6 is 11.3 Å². The van der Waals surface area contributed by atoms with Crippen LogP contribution in [0.25, 0.3) is 0 Å². The Balaban J connectivity index is 2.00. The molecule has 2 amide bonds. The third-order valence-electron chi connectivity index (χ3n) is 3.09.